The van der Waals surface area contributed by atoms with Gasteiger partial charge in [-0.15, -0.1) is 0 Å². The van der Waals surface area contributed by atoms with Crippen molar-refractivity contribution < 1.29 is 17.9 Å². The fraction of sp³-hybridized carbons (Fsp3) is 0.400. The third-order valence-corrected chi connectivity index (χ3v) is 5.72. The van der Waals surface area contributed by atoms with Crippen molar-refractivity contribution in [3.05, 3.63) is 35.7 Å². The van der Waals surface area contributed by atoms with Crippen LogP contribution in [0.2, 0.25) is 0 Å². The minimum absolute atomic E-state index is 0.0376. The summed E-state index contributed by atoms with van der Waals surface area (Å²) in [6.07, 6.45) is 1.83. The molecule has 1 aliphatic rings. The Bertz CT molecular complexity index is 1220. The monoisotopic (exact) mass is 429 g/mol. The van der Waals surface area contributed by atoms with Gasteiger partial charge in [0.25, 0.3) is 5.91 Å². The summed E-state index contributed by atoms with van der Waals surface area (Å²) in [5.41, 5.74) is 3.45. The Kier molecular flexibility index (Phi) is 5.29. The highest BCUT2D eigenvalue weighted by atomic mass is 32.2. The lowest BCUT2D eigenvalue weighted by Gasteiger charge is -2.34. The minimum Gasteiger partial charge on any atom is -0.369 e. The lowest BCUT2D eigenvalue weighted by Crippen LogP contribution is -2.49. The number of sulfone groups is 1. The zero-order valence-corrected chi connectivity index (χ0v) is 17.9. The molecule has 3 aromatic heterocycles. The normalized spacial score (nSPS) is 17.6. The van der Waals surface area contributed by atoms with Crippen molar-refractivity contribution >= 4 is 32.6 Å². The molecule has 1 fully saturated rings. The molecular formula is C20H23N5O4S. The molecule has 0 bridgehead atoms. The Morgan fingerprint density at radius 1 is 1.23 bits per heavy atom. The van der Waals surface area contributed by atoms with Crippen LogP contribution in [0.25, 0.3) is 22.6 Å². The number of aromatic nitrogens is 4. The smallest absolute Gasteiger partial charge is 0.254 e. The quantitative estimate of drug-likeness (QED) is 0.659. The number of morpholine rings is 1. The number of carbonyl (C=O) groups is 1. The number of hydrogen-bond acceptors (Lipinski definition) is 7. The molecule has 1 saturated heterocycles. The summed E-state index contributed by atoms with van der Waals surface area (Å²) in [4.78, 5) is 31.0. The maximum absolute atomic E-state index is 12.6. The number of rotatable bonds is 5. The number of anilines is 1. The first-order chi connectivity index (χ1) is 14.2. The average molecular weight is 430 g/mol. The van der Waals surface area contributed by atoms with Gasteiger partial charge in [0.1, 0.15) is 18.1 Å². The Balaban J connectivity index is 1.85. The zero-order valence-electron chi connectivity index (χ0n) is 17.0. The second-order valence-electron chi connectivity index (χ2n) is 7.53. The van der Waals surface area contributed by atoms with Crippen LogP contribution >= 0.6 is 0 Å². The number of aromatic amines is 1. The van der Waals surface area contributed by atoms with E-state index in [0.717, 1.165) is 23.0 Å². The van der Waals surface area contributed by atoms with Gasteiger partial charge in [0.15, 0.2) is 15.7 Å². The first-order valence-electron chi connectivity index (χ1n) is 9.65. The number of fused-ring (bicyclic) bond motifs is 1. The number of pyridine rings is 1. The molecule has 0 aliphatic carbocycles. The molecule has 1 N–H and O–H groups in total. The minimum atomic E-state index is -3.33. The highest BCUT2D eigenvalue weighted by molar-refractivity contribution is 7.89. The number of H-pyrrole nitrogens is 1. The van der Waals surface area contributed by atoms with Crippen LogP contribution in [0, 0.1) is 6.92 Å². The van der Waals surface area contributed by atoms with Gasteiger partial charge in [0, 0.05) is 18.0 Å². The van der Waals surface area contributed by atoms with E-state index in [9.17, 15) is 13.2 Å². The summed E-state index contributed by atoms with van der Waals surface area (Å²) in [7, 11) is -3.33. The summed E-state index contributed by atoms with van der Waals surface area (Å²) < 4.78 is 29.2. The summed E-state index contributed by atoms with van der Waals surface area (Å²) in [6.45, 7) is 4.26. The number of amides is 1. The van der Waals surface area contributed by atoms with E-state index in [0.29, 0.717) is 30.2 Å². The predicted molar refractivity (Wildman–Crippen MR) is 113 cm³/mol. The van der Waals surface area contributed by atoms with Crippen LogP contribution in [-0.4, -0.2) is 59.8 Å². The van der Waals surface area contributed by atoms with Gasteiger partial charge in [-0.2, -0.15) is 0 Å². The number of nitrogens with zero attached hydrogens (tertiary/aromatic N) is 4. The molecule has 4 rings (SSSR count). The van der Waals surface area contributed by atoms with Crippen LogP contribution in [0.4, 0.5) is 5.82 Å². The molecular weight excluding hydrogens is 406 g/mol. The predicted octanol–water partition coefficient (Wildman–Crippen LogP) is 2.01. The van der Waals surface area contributed by atoms with E-state index < -0.39 is 9.84 Å². The van der Waals surface area contributed by atoms with Crippen LogP contribution in [0.5, 0.6) is 0 Å². The van der Waals surface area contributed by atoms with E-state index in [2.05, 4.69) is 19.9 Å². The van der Waals surface area contributed by atoms with Gasteiger partial charge in [0.2, 0.25) is 0 Å². The molecule has 1 aliphatic heterocycles. The van der Waals surface area contributed by atoms with Gasteiger partial charge in [-0.1, -0.05) is 6.92 Å². The number of carbonyl (C=O) groups excluding carboxylic acids is 1. The van der Waals surface area contributed by atoms with Crippen molar-refractivity contribution in [2.75, 3.05) is 24.4 Å². The summed E-state index contributed by atoms with van der Waals surface area (Å²) >= 11 is 0. The standard InChI is InChI=1S/C20H23N5O4S/c1-4-14-9-29-10-19(26)25(14)18-8-13(11-30(3,27)28)22-20(24-18)16-6-5-15-17(23-16)7-12(2)21-15/h5-8,14,21H,4,9-11H2,1-3H3. The van der Waals surface area contributed by atoms with Crippen LogP contribution in [0.1, 0.15) is 24.7 Å². The molecule has 0 spiro atoms. The van der Waals surface area contributed by atoms with Crippen LogP contribution < -0.4 is 4.90 Å². The molecule has 0 aromatic carbocycles. The third kappa shape index (κ3) is 4.19. The van der Waals surface area contributed by atoms with Crippen LogP contribution in [0.15, 0.2) is 24.3 Å². The zero-order chi connectivity index (χ0) is 21.5. The fourth-order valence-corrected chi connectivity index (χ4v) is 4.26. The van der Waals surface area contributed by atoms with E-state index in [1.165, 1.54) is 0 Å². The van der Waals surface area contributed by atoms with Crippen molar-refractivity contribution in [2.45, 2.75) is 32.1 Å². The van der Waals surface area contributed by atoms with Gasteiger partial charge < -0.3 is 9.72 Å². The molecule has 30 heavy (non-hydrogen) atoms. The SMILES string of the molecule is CCC1COCC(=O)N1c1cc(CS(C)(=O)=O)nc(-c2ccc3[nH]c(C)cc3n2)n1. The number of nitrogens with one attached hydrogen (secondary N) is 1. The molecule has 1 amide bonds. The molecule has 10 heteroatoms. The van der Waals surface area contributed by atoms with Crippen molar-refractivity contribution in [1.29, 1.82) is 0 Å². The Hall–Kier alpha value is -2.85. The fourth-order valence-electron chi connectivity index (χ4n) is 3.58. The van der Waals surface area contributed by atoms with E-state index >= 15 is 0 Å². The Morgan fingerprint density at radius 3 is 2.77 bits per heavy atom. The maximum Gasteiger partial charge on any atom is 0.254 e. The lowest BCUT2D eigenvalue weighted by molar-refractivity contribution is -0.127. The Morgan fingerprint density at radius 2 is 2.03 bits per heavy atom. The van der Waals surface area contributed by atoms with Crippen LogP contribution in [0.3, 0.4) is 0 Å². The van der Waals surface area contributed by atoms with Crippen molar-refractivity contribution in [3.8, 4) is 11.5 Å². The summed E-state index contributed by atoms with van der Waals surface area (Å²) in [5.74, 6) is 0.177. The first kappa shape index (κ1) is 20.4. The van der Waals surface area contributed by atoms with Crippen molar-refractivity contribution in [2.24, 2.45) is 0 Å². The molecule has 158 valence electrons. The first-order valence-corrected chi connectivity index (χ1v) is 11.7. The topological polar surface area (TPSA) is 118 Å². The second-order valence-corrected chi connectivity index (χ2v) is 9.67. The number of aryl methyl sites for hydroxylation is 1. The van der Waals surface area contributed by atoms with Gasteiger partial charge in [0.05, 0.1) is 35.1 Å². The van der Waals surface area contributed by atoms with Gasteiger partial charge in [-0.3, -0.25) is 9.69 Å². The molecule has 1 unspecified atom stereocenters. The van der Waals surface area contributed by atoms with E-state index in [1.807, 2.05) is 26.0 Å². The molecule has 0 radical (unpaired) electrons. The highest BCUT2D eigenvalue weighted by Gasteiger charge is 2.31. The molecule has 9 nitrogen and oxygen atoms in total. The number of ether oxygens (including phenoxy) is 1. The maximum atomic E-state index is 12.6. The van der Waals surface area contributed by atoms with Gasteiger partial charge >= 0.3 is 0 Å². The van der Waals surface area contributed by atoms with Gasteiger partial charge in [-0.25, -0.2) is 23.4 Å². The van der Waals surface area contributed by atoms with Crippen molar-refractivity contribution in [3.63, 3.8) is 0 Å². The number of hydrogen-bond donors (Lipinski definition) is 1. The molecule has 1 atom stereocenters. The summed E-state index contributed by atoms with van der Waals surface area (Å²) in [6, 6.07) is 6.96. The van der Waals surface area contributed by atoms with Gasteiger partial charge in [-0.05, 0) is 31.5 Å². The second kappa shape index (κ2) is 7.77. The third-order valence-electron chi connectivity index (χ3n) is 4.90. The van der Waals surface area contributed by atoms with E-state index in [4.69, 9.17) is 4.74 Å². The average Bonchev–Trinajstić information content (AvgIpc) is 3.05. The van der Waals surface area contributed by atoms with E-state index in [1.54, 1.807) is 17.0 Å². The lowest BCUT2D eigenvalue weighted by atomic mass is 10.1. The molecule has 0 saturated carbocycles. The molecule has 4 heterocycles. The largest absolute Gasteiger partial charge is 0.369 e. The van der Waals surface area contributed by atoms with Crippen LogP contribution in [-0.2, 0) is 25.1 Å². The van der Waals surface area contributed by atoms with Crippen molar-refractivity contribution in [1.82, 2.24) is 19.9 Å². The summed E-state index contributed by atoms with van der Waals surface area (Å²) in [5, 5.41) is 0. The molecule has 3 aromatic rings. The van der Waals surface area contributed by atoms with E-state index in [-0.39, 0.29) is 30.1 Å². The highest BCUT2D eigenvalue weighted by Crippen LogP contribution is 2.26. The Labute approximate surface area is 174 Å².